The van der Waals surface area contributed by atoms with Crippen LogP contribution in [0, 0.1) is 6.92 Å². The predicted molar refractivity (Wildman–Crippen MR) is 79.3 cm³/mol. The van der Waals surface area contributed by atoms with E-state index in [-0.39, 0.29) is 5.69 Å². The number of anilines is 1. The first-order valence-electron chi connectivity index (χ1n) is 6.77. The van der Waals surface area contributed by atoms with E-state index in [2.05, 4.69) is 10.3 Å². The molecule has 1 aromatic carbocycles. The Morgan fingerprint density at radius 1 is 1.22 bits per heavy atom. The number of fused-ring (bicyclic) bond motifs is 1. The molecule has 118 valence electrons. The number of pyridine rings is 1. The molecule has 4 nitrogen and oxygen atoms in total. The molecule has 0 unspecified atom stereocenters. The second-order valence-electron chi connectivity index (χ2n) is 5.10. The third-order valence-electron chi connectivity index (χ3n) is 3.29. The Bertz CT molecular complexity index is 884. The molecule has 0 aliphatic rings. The summed E-state index contributed by atoms with van der Waals surface area (Å²) in [5, 5.41) is 2.47. The number of halogens is 3. The number of rotatable bonds is 2. The molecule has 0 spiro atoms. The Labute approximate surface area is 129 Å². The van der Waals surface area contributed by atoms with Crippen LogP contribution in [-0.2, 0) is 6.18 Å². The van der Waals surface area contributed by atoms with Gasteiger partial charge in [0.25, 0.3) is 5.91 Å². The molecule has 0 radical (unpaired) electrons. The molecule has 2 heterocycles. The average molecular weight is 319 g/mol. The number of nitrogens with one attached hydrogen (secondary N) is 1. The van der Waals surface area contributed by atoms with Crippen LogP contribution < -0.4 is 5.32 Å². The number of carbonyl (C=O) groups is 1. The second-order valence-corrected chi connectivity index (χ2v) is 5.10. The summed E-state index contributed by atoms with van der Waals surface area (Å²) >= 11 is 0. The van der Waals surface area contributed by atoms with Gasteiger partial charge in [0, 0.05) is 23.6 Å². The first kappa shape index (κ1) is 15.1. The van der Waals surface area contributed by atoms with Gasteiger partial charge < -0.3 is 9.72 Å². The van der Waals surface area contributed by atoms with Gasteiger partial charge in [-0.25, -0.2) is 4.98 Å². The third-order valence-corrected chi connectivity index (χ3v) is 3.29. The number of benzene rings is 1. The summed E-state index contributed by atoms with van der Waals surface area (Å²) in [6.07, 6.45) is -0.965. The lowest BCUT2D eigenvalue weighted by Gasteiger charge is -2.10. The Kier molecular flexibility index (Phi) is 3.55. The van der Waals surface area contributed by atoms with E-state index in [0.29, 0.717) is 11.2 Å². The van der Waals surface area contributed by atoms with Crippen molar-refractivity contribution < 1.29 is 18.0 Å². The van der Waals surface area contributed by atoms with Crippen LogP contribution in [0.5, 0.6) is 0 Å². The minimum absolute atomic E-state index is 0.0872. The minimum Gasteiger partial charge on any atom is -0.322 e. The Hall–Kier alpha value is -2.83. The van der Waals surface area contributed by atoms with Crippen LogP contribution in [0.15, 0.2) is 48.8 Å². The largest absolute Gasteiger partial charge is 0.416 e. The summed E-state index contributed by atoms with van der Waals surface area (Å²) in [5.74, 6) is -0.493. The van der Waals surface area contributed by atoms with Gasteiger partial charge in [-0.2, -0.15) is 13.2 Å². The van der Waals surface area contributed by atoms with Crippen molar-refractivity contribution in [2.24, 2.45) is 0 Å². The molecule has 0 aliphatic heterocycles. The maximum Gasteiger partial charge on any atom is 0.416 e. The van der Waals surface area contributed by atoms with E-state index in [1.165, 1.54) is 12.1 Å². The number of aryl methyl sites for hydroxylation is 1. The number of alkyl halides is 3. The lowest BCUT2D eigenvalue weighted by Crippen LogP contribution is -2.13. The molecule has 3 aromatic rings. The first-order valence-corrected chi connectivity index (χ1v) is 6.77. The quantitative estimate of drug-likeness (QED) is 0.778. The van der Waals surface area contributed by atoms with E-state index in [1.807, 2.05) is 13.1 Å². The van der Waals surface area contributed by atoms with Crippen LogP contribution in [0.2, 0.25) is 0 Å². The summed E-state index contributed by atoms with van der Waals surface area (Å²) in [7, 11) is 0. The number of nitrogens with zero attached hydrogens (tertiary/aromatic N) is 2. The monoisotopic (exact) mass is 319 g/mol. The van der Waals surface area contributed by atoms with Crippen molar-refractivity contribution in [3.05, 3.63) is 65.6 Å². The maximum absolute atomic E-state index is 12.7. The molecule has 23 heavy (non-hydrogen) atoms. The average Bonchev–Trinajstić information content (AvgIpc) is 2.85. The van der Waals surface area contributed by atoms with Gasteiger partial charge in [0.1, 0.15) is 5.65 Å². The highest BCUT2D eigenvalue weighted by Gasteiger charge is 2.30. The van der Waals surface area contributed by atoms with Crippen molar-refractivity contribution in [3.8, 4) is 0 Å². The number of imidazole rings is 1. The molecule has 0 atom stereocenters. The first-order chi connectivity index (χ1) is 10.8. The Balaban J connectivity index is 1.85. The van der Waals surface area contributed by atoms with Crippen LogP contribution in [0.3, 0.4) is 0 Å². The van der Waals surface area contributed by atoms with Gasteiger partial charge in [0.15, 0.2) is 0 Å². The van der Waals surface area contributed by atoms with Gasteiger partial charge in [-0.15, -0.1) is 0 Å². The highest BCUT2D eigenvalue weighted by atomic mass is 19.4. The number of amides is 1. The Morgan fingerprint density at radius 2 is 2.00 bits per heavy atom. The fourth-order valence-electron chi connectivity index (χ4n) is 2.23. The van der Waals surface area contributed by atoms with E-state index in [1.54, 1.807) is 22.7 Å². The van der Waals surface area contributed by atoms with Crippen molar-refractivity contribution in [1.29, 1.82) is 0 Å². The van der Waals surface area contributed by atoms with Crippen molar-refractivity contribution in [2.45, 2.75) is 13.1 Å². The number of carbonyl (C=O) groups excluding carboxylic acids is 1. The second kappa shape index (κ2) is 5.42. The summed E-state index contributed by atoms with van der Waals surface area (Å²) in [6.45, 7) is 1.83. The molecule has 0 aliphatic carbocycles. The van der Waals surface area contributed by atoms with Crippen molar-refractivity contribution in [3.63, 3.8) is 0 Å². The molecule has 0 bridgehead atoms. The third kappa shape index (κ3) is 3.18. The molecular weight excluding hydrogens is 307 g/mol. The van der Waals surface area contributed by atoms with Gasteiger partial charge in [0.05, 0.1) is 11.3 Å². The molecule has 0 saturated heterocycles. The smallest absolute Gasteiger partial charge is 0.322 e. The number of aromatic nitrogens is 2. The molecule has 3 rings (SSSR count). The minimum atomic E-state index is -4.45. The van der Waals surface area contributed by atoms with Gasteiger partial charge in [0.2, 0.25) is 0 Å². The highest BCUT2D eigenvalue weighted by molar-refractivity contribution is 6.04. The van der Waals surface area contributed by atoms with Gasteiger partial charge in [-0.05, 0) is 37.3 Å². The van der Waals surface area contributed by atoms with Gasteiger partial charge in [-0.1, -0.05) is 6.07 Å². The lowest BCUT2D eigenvalue weighted by molar-refractivity contribution is -0.137. The van der Waals surface area contributed by atoms with Crippen LogP contribution >= 0.6 is 0 Å². The zero-order valence-electron chi connectivity index (χ0n) is 12.1. The summed E-state index contributed by atoms with van der Waals surface area (Å²) < 4.78 is 39.8. The van der Waals surface area contributed by atoms with Crippen molar-refractivity contribution in [1.82, 2.24) is 9.38 Å². The molecule has 1 amide bonds. The topological polar surface area (TPSA) is 46.4 Å². The molecule has 7 heteroatoms. The van der Waals surface area contributed by atoms with Crippen molar-refractivity contribution in [2.75, 3.05) is 5.32 Å². The van der Waals surface area contributed by atoms with Crippen LogP contribution in [0.1, 0.15) is 21.6 Å². The van der Waals surface area contributed by atoms with Crippen molar-refractivity contribution >= 4 is 17.2 Å². The van der Waals surface area contributed by atoms with E-state index in [9.17, 15) is 18.0 Å². The normalized spacial score (nSPS) is 11.7. The number of hydrogen-bond acceptors (Lipinski definition) is 2. The molecular formula is C16H12F3N3O. The maximum atomic E-state index is 12.7. The summed E-state index contributed by atoms with van der Waals surface area (Å²) in [4.78, 5) is 16.4. The zero-order valence-corrected chi connectivity index (χ0v) is 12.1. The van der Waals surface area contributed by atoms with Crippen LogP contribution in [-0.4, -0.2) is 15.3 Å². The zero-order chi connectivity index (χ0) is 16.6. The fourth-order valence-corrected chi connectivity index (χ4v) is 2.23. The standard InChI is InChI=1S/C16H12F3N3O/c1-10-9-22-6-5-11(7-14(22)20-10)15(23)21-13-4-2-3-12(8-13)16(17,18)19/h2-9H,1H3,(H,21,23). The van der Waals surface area contributed by atoms with Gasteiger partial charge >= 0.3 is 6.18 Å². The fraction of sp³-hybridized carbons (Fsp3) is 0.125. The Morgan fingerprint density at radius 3 is 2.74 bits per heavy atom. The van der Waals surface area contributed by atoms with E-state index < -0.39 is 17.6 Å². The van der Waals surface area contributed by atoms with Crippen LogP contribution in [0.4, 0.5) is 18.9 Å². The predicted octanol–water partition coefficient (Wildman–Crippen LogP) is 3.91. The molecule has 0 fully saturated rings. The lowest BCUT2D eigenvalue weighted by atomic mass is 10.2. The van der Waals surface area contributed by atoms with E-state index in [4.69, 9.17) is 0 Å². The number of hydrogen-bond donors (Lipinski definition) is 1. The summed E-state index contributed by atoms with van der Waals surface area (Å²) in [6, 6.07) is 7.67. The summed E-state index contributed by atoms with van der Waals surface area (Å²) in [5.41, 5.74) is 0.999. The van der Waals surface area contributed by atoms with E-state index >= 15 is 0 Å². The highest BCUT2D eigenvalue weighted by Crippen LogP contribution is 2.30. The van der Waals surface area contributed by atoms with Gasteiger partial charge in [-0.3, -0.25) is 4.79 Å². The van der Waals surface area contributed by atoms with Crippen LogP contribution in [0.25, 0.3) is 5.65 Å². The SMILES string of the molecule is Cc1cn2ccc(C(=O)Nc3cccc(C(F)(F)F)c3)cc2n1. The molecule has 0 saturated carbocycles. The molecule has 1 N–H and O–H groups in total. The molecule has 2 aromatic heterocycles. The van der Waals surface area contributed by atoms with E-state index in [0.717, 1.165) is 17.8 Å².